The molecule has 9 nitrogen and oxygen atoms in total. The van der Waals surface area contributed by atoms with Crippen molar-refractivity contribution in [3.63, 3.8) is 0 Å². The summed E-state index contributed by atoms with van der Waals surface area (Å²) in [5.74, 6) is 0.531. The fourth-order valence-electron chi connectivity index (χ4n) is 3.37. The summed E-state index contributed by atoms with van der Waals surface area (Å²) >= 11 is 0. The summed E-state index contributed by atoms with van der Waals surface area (Å²) in [6, 6.07) is 5.33. The molecule has 3 aromatic rings. The van der Waals surface area contributed by atoms with Gasteiger partial charge in [0.1, 0.15) is 5.82 Å². The van der Waals surface area contributed by atoms with Crippen LogP contribution < -0.4 is 0 Å². The zero-order valence-corrected chi connectivity index (χ0v) is 16.6. The van der Waals surface area contributed by atoms with Crippen LogP contribution in [0.15, 0.2) is 35.7 Å². The van der Waals surface area contributed by atoms with Crippen molar-refractivity contribution in [3.05, 3.63) is 42.1 Å². The smallest absolute Gasteiger partial charge is 0.262 e. The molecule has 0 saturated carbocycles. The van der Waals surface area contributed by atoms with Crippen molar-refractivity contribution in [2.45, 2.75) is 18.4 Å². The normalized spacial score (nSPS) is 16.4. The van der Waals surface area contributed by atoms with E-state index in [-0.39, 0.29) is 17.5 Å². The zero-order chi connectivity index (χ0) is 19.9. The quantitative estimate of drug-likeness (QED) is 0.707. The van der Waals surface area contributed by atoms with E-state index in [1.54, 1.807) is 48.0 Å². The van der Waals surface area contributed by atoms with Gasteiger partial charge in [0.05, 0.1) is 17.4 Å². The largest absolute Gasteiger partial charge is 0.345 e. The first-order valence-corrected chi connectivity index (χ1v) is 10.5. The maximum atomic E-state index is 12.9. The maximum absolute atomic E-state index is 12.9. The van der Waals surface area contributed by atoms with Crippen LogP contribution in [0.4, 0.5) is 0 Å². The topological polar surface area (TPSA) is 104 Å². The number of aromatic amines is 1. The highest BCUT2D eigenvalue weighted by Crippen LogP contribution is 2.19. The number of rotatable bonds is 3. The summed E-state index contributed by atoms with van der Waals surface area (Å²) in [6.45, 7) is 3.22. The number of nitrogens with one attached hydrogen (secondary N) is 1. The number of carbonyl (C=O) groups is 1. The molecule has 1 aromatic carbocycles. The number of amides is 1. The first kappa shape index (κ1) is 18.6. The lowest BCUT2D eigenvalue weighted by atomic mass is 10.1. The van der Waals surface area contributed by atoms with Crippen molar-refractivity contribution in [2.75, 3.05) is 26.2 Å². The third-order valence-corrected chi connectivity index (χ3v) is 6.87. The van der Waals surface area contributed by atoms with Gasteiger partial charge in [0.25, 0.3) is 15.9 Å². The molecule has 148 valence electrons. The van der Waals surface area contributed by atoms with Gasteiger partial charge in [-0.25, -0.2) is 18.4 Å². The monoisotopic (exact) mass is 402 g/mol. The van der Waals surface area contributed by atoms with Crippen LogP contribution in [0.1, 0.15) is 22.6 Å². The van der Waals surface area contributed by atoms with E-state index in [0.717, 1.165) is 11.0 Å². The fraction of sp³-hybridized carbons (Fsp3) is 0.389. The van der Waals surface area contributed by atoms with Crippen LogP contribution in [0.2, 0.25) is 0 Å². The minimum Gasteiger partial charge on any atom is -0.345 e. The van der Waals surface area contributed by atoms with Crippen molar-refractivity contribution >= 4 is 27.0 Å². The molecule has 28 heavy (non-hydrogen) atoms. The van der Waals surface area contributed by atoms with E-state index in [1.807, 2.05) is 0 Å². The van der Waals surface area contributed by atoms with Crippen LogP contribution in [0.3, 0.4) is 0 Å². The predicted octanol–water partition coefficient (Wildman–Crippen LogP) is 1.14. The van der Waals surface area contributed by atoms with Gasteiger partial charge in [-0.1, -0.05) is 0 Å². The Morgan fingerprint density at radius 2 is 2.00 bits per heavy atom. The molecule has 1 N–H and O–H groups in total. The van der Waals surface area contributed by atoms with E-state index in [0.29, 0.717) is 37.4 Å². The van der Waals surface area contributed by atoms with Crippen molar-refractivity contribution in [1.29, 1.82) is 0 Å². The molecule has 1 fully saturated rings. The van der Waals surface area contributed by atoms with E-state index >= 15 is 0 Å². The fourth-order valence-corrected chi connectivity index (χ4v) is 4.87. The maximum Gasteiger partial charge on any atom is 0.262 e. The number of aryl methyl sites for hydroxylation is 2. The van der Waals surface area contributed by atoms with Gasteiger partial charge in [-0.05, 0) is 31.5 Å². The molecule has 10 heteroatoms. The molecule has 0 aliphatic carbocycles. The third-order valence-electron chi connectivity index (χ3n) is 5.10. The number of benzene rings is 1. The number of aromatic nitrogens is 4. The molecule has 4 rings (SSSR count). The number of hydrogen-bond acceptors (Lipinski definition) is 5. The molecule has 0 bridgehead atoms. The summed E-state index contributed by atoms with van der Waals surface area (Å²) in [6.07, 6.45) is 3.69. The second-order valence-electron chi connectivity index (χ2n) is 6.92. The Morgan fingerprint density at radius 3 is 2.75 bits per heavy atom. The molecule has 1 aliphatic rings. The van der Waals surface area contributed by atoms with Gasteiger partial charge in [0.2, 0.25) is 0 Å². The zero-order valence-electron chi connectivity index (χ0n) is 15.8. The summed E-state index contributed by atoms with van der Waals surface area (Å²) in [4.78, 5) is 25.9. The van der Waals surface area contributed by atoms with E-state index < -0.39 is 10.0 Å². The molecule has 3 heterocycles. The van der Waals surface area contributed by atoms with Gasteiger partial charge >= 0.3 is 0 Å². The Labute approximate surface area is 163 Å². The molecule has 0 unspecified atom stereocenters. The minimum absolute atomic E-state index is 0.0528. The minimum atomic E-state index is -3.67. The van der Waals surface area contributed by atoms with Gasteiger partial charge in [0, 0.05) is 45.0 Å². The van der Waals surface area contributed by atoms with Crippen LogP contribution in [-0.4, -0.2) is 69.2 Å². The molecule has 2 aromatic heterocycles. The van der Waals surface area contributed by atoms with Crippen LogP contribution in [-0.2, 0) is 17.1 Å². The number of carbonyl (C=O) groups excluding carboxylic acids is 1. The van der Waals surface area contributed by atoms with Crippen molar-refractivity contribution in [2.24, 2.45) is 7.05 Å². The van der Waals surface area contributed by atoms with E-state index in [1.165, 1.54) is 10.5 Å². The van der Waals surface area contributed by atoms with Gasteiger partial charge < -0.3 is 14.5 Å². The molecular weight excluding hydrogens is 380 g/mol. The van der Waals surface area contributed by atoms with E-state index in [4.69, 9.17) is 0 Å². The number of imidazole rings is 2. The summed E-state index contributed by atoms with van der Waals surface area (Å²) in [7, 11) is -1.91. The number of fused-ring (bicyclic) bond motifs is 1. The standard InChI is InChI=1S/C18H22N6O3S/c1-13-21-17(11-22(13)2)28(26,27)24-7-3-6-23(8-9-24)18(25)14-4-5-15-16(10-14)20-12-19-15/h4-5,10-12H,3,6-9H2,1-2H3,(H,19,20). The Hall–Kier alpha value is -2.72. The number of sulfonamides is 1. The number of hydrogen-bond donors (Lipinski definition) is 1. The molecule has 1 aliphatic heterocycles. The molecule has 0 radical (unpaired) electrons. The average molecular weight is 402 g/mol. The Balaban J connectivity index is 1.50. The summed E-state index contributed by atoms with van der Waals surface area (Å²) in [5.41, 5.74) is 2.17. The predicted molar refractivity (Wildman–Crippen MR) is 103 cm³/mol. The highest BCUT2D eigenvalue weighted by atomic mass is 32.2. The lowest BCUT2D eigenvalue weighted by molar-refractivity contribution is 0.0764. The summed E-state index contributed by atoms with van der Waals surface area (Å²) in [5, 5.41) is 0.0528. The Bertz CT molecular complexity index is 1110. The average Bonchev–Trinajstić information content (AvgIpc) is 3.18. The Morgan fingerprint density at radius 1 is 1.18 bits per heavy atom. The van der Waals surface area contributed by atoms with Gasteiger partial charge in [-0.2, -0.15) is 4.31 Å². The van der Waals surface area contributed by atoms with Crippen molar-refractivity contribution < 1.29 is 13.2 Å². The van der Waals surface area contributed by atoms with Gasteiger partial charge in [-0.3, -0.25) is 4.79 Å². The van der Waals surface area contributed by atoms with Crippen molar-refractivity contribution in [3.8, 4) is 0 Å². The number of H-pyrrole nitrogens is 1. The second-order valence-corrected chi connectivity index (χ2v) is 8.81. The van der Waals surface area contributed by atoms with Crippen molar-refractivity contribution in [1.82, 2.24) is 28.7 Å². The molecule has 0 spiro atoms. The van der Waals surface area contributed by atoms with Crippen LogP contribution >= 0.6 is 0 Å². The highest BCUT2D eigenvalue weighted by molar-refractivity contribution is 7.89. The van der Waals surface area contributed by atoms with Crippen LogP contribution in [0.5, 0.6) is 0 Å². The highest BCUT2D eigenvalue weighted by Gasteiger charge is 2.30. The van der Waals surface area contributed by atoms with Crippen LogP contribution in [0.25, 0.3) is 11.0 Å². The molecule has 1 saturated heterocycles. The molecular formula is C18H22N6O3S. The molecule has 1 amide bonds. The van der Waals surface area contributed by atoms with Gasteiger partial charge in [0.15, 0.2) is 5.03 Å². The van der Waals surface area contributed by atoms with E-state index in [2.05, 4.69) is 15.0 Å². The van der Waals surface area contributed by atoms with E-state index in [9.17, 15) is 13.2 Å². The number of nitrogens with zero attached hydrogens (tertiary/aromatic N) is 5. The lowest BCUT2D eigenvalue weighted by Crippen LogP contribution is -2.37. The first-order valence-electron chi connectivity index (χ1n) is 9.09. The SMILES string of the molecule is Cc1nc(S(=O)(=O)N2CCCN(C(=O)c3ccc4nc[nH]c4c3)CC2)cn1C. The molecule has 0 atom stereocenters. The third kappa shape index (κ3) is 3.29. The Kier molecular flexibility index (Phi) is 4.68. The first-order chi connectivity index (χ1) is 13.4. The van der Waals surface area contributed by atoms with Crippen LogP contribution in [0, 0.1) is 6.92 Å². The summed E-state index contributed by atoms with van der Waals surface area (Å²) < 4.78 is 28.9. The van der Waals surface area contributed by atoms with Gasteiger partial charge in [-0.15, -0.1) is 0 Å². The second kappa shape index (κ2) is 7.02. The lowest BCUT2D eigenvalue weighted by Gasteiger charge is -2.21.